The summed E-state index contributed by atoms with van der Waals surface area (Å²) in [6.45, 7) is 0.0671. The zero-order valence-electron chi connectivity index (χ0n) is 11.3. The molecule has 2 aromatic carbocycles. The van der Waals surface area contributed by atoms with Gasteiger partial charge in [0.15, 0.2) is 0 Å². The molecule has 5 nitrogen and oxygen atoms in total. The number of nitriles is 1. The highest BCUT2D eigenvalue weighted by Gasteiger charge is 2.38. The van der Waals surface area contributed by atoms with E-state index < -0.39 is 11.8 Å². The van der Waals surface area contributed by atoms with E-state index in [1.165, 1.54) is 12.1 Å². The van der Waals surface area contributed by atoms with Crippen LogP contribution < -0.4 is 5.73 Å². The van der Waals surface area contributed by atoms with Crippen molar-refractivity contribution in [3.05, 3.63) is 63.7 Å². The first-order valence-electron chi connectivity index (χ1n) is 6.46. The molecule has 0 aromatic heterocycles. The number of benzene rings is 2. The molecule has 0 bridgehead atoms. The van der Waals surface area contributed by atoms with Crippen molar-refractivity contribution in [1.82, 2.24) is 4.90 Å². The van der Waals surface area contributed by atoms with E-state index in [-0.39, 0.29) is 28.4 Å². The number of anilines is 1. The molecule has 0 unspecified atom stereocenters. The van der Waals surface area contributed by atoms with Gasteiger partial charge in [-0.2, -0.15) is 5.26 Å². The summed E-state index contributed by atoms with van der Waals surface area (Å²) in [7, 11) is 0. The van der Waals surface area contributed by atoms with Gasteiger partial charge in [0.25, 0.3) is 11.8 Å². The van der Waals surface area contributed by atoms with Gasteiger partial charge in [0.2, 0.25) is 0 Å². The fourth-order valence-electron chi connectivity index (χ4n) is 2.46. The van der Waals surface area contributed by atoms with Crippen LogP contribution in [0.2, 0.25) is 5.02 Å². The number of hydrogen-bond donors (Lipinski definition) is 1. The Hall–Kier alpha value is -2.84. The normalized spacial score (nSPS) is 13.2. The van der Waals surface area contributed by atoms with Gasteiger partial charge >= 0.3 is 0 Å². The Balaban J connectivity index is 1.99. The highest BCUT2D eigenvalue weighted by Crippen LogP contribution is 2.33. The standard InChI is InChI=1S/C16H10ClN3O2/c17-11-4-5-12(19)14-13(11)15(21)20(16(14)22)8-10-3-1-2-9(6-10)7-18/h1-6H,8,19H2. The highest BCUT2D eigenvalue weighted by molar-refractivity contribution is 6.37. The number of nitrogens with zero attached hydrogens (tertiary/aromatic N) is 2. The van der Waals surface area contributed by atoms with Crippen LogP contribution in [0.1, 0.15) is 31.8 Å². The topological polar surface area (TPSA) is 87.2 Å². The molecule has 3 rings (SSSR count). The predicted molar refractivity (Wildman–Crippen MR) is 81.2 cm³/mol. The Labute approximate surface area is 131 Å². The molecule has 1 aliphatic heterocycles. The summed E-state index contributed by atoms with van der Waals surface area (Å²) in [5.74, 6) is -0.943. The first-order valence-corrected chi connectivity index (χ1v) is 6.84. The smallest absolute Gasteiger partial charge is 0.264 e. The summed E-state index contributed by atoms with van der Waals surface area (Å²) >= 11 is 6.02. The minimum atomic E-state index is -0.473. The van der Waals surface area contributed by atoms with Crippen molar-refractivity contribution in [2.45, 2.75) is 6.54 Å². The number of rotatable bonds is 2. The average Bonchev–Trinajstić information content (AvgIpc) is 2.77. The second-order valence-corrected chi connectivity index (χ2v) is 5.30. The lowest BCUT2D eigenvalue weighted by atomic mass is 10.1. The molecule has 1 aliphatic rings. The molecule has 0 fully saturated rings. The number of imide groups is 1. The maximum atomic E-state index is 12.4. The maximum absolute atomic E-state index is 12.4. The lowest BCUT2D eigenvalue weighted by Gasteiger charge is -2.14. The summed E-state index contributed by atoms with van der Waals surface area (Å²) in [6.07, 6.45) is 0. The van der Waals surface area contributed by atoms with E-state index in [4.69, 9.17) is 22.6 Å². The van der Waals surface area contributed by atoms with Crippen molar-refractivity contribution in [3.8, 4) is 6.07 Å². The summed E-state index contributed by atoms with van der Waals surface area (Å²) < 4.78 is 0. The van der Waals surface area contributed by atoms with Gasteiger partial charge in [0, 0.05) is 5.69 Å². The Kier molecular flexibility index (Phi) is 3.32. The molecule has 0 saturated heterocycles. The number of amides is 2. The van der Waals surface area contributed by atoms with Crippen LogP contribution in [0.15, 0.2) is 36.4 Å². The largest absolute Gasteiger partial charge is 0.398 e. The molecular weight excluding hydrogens is 302 g/mol. The Bertz CT molecular complexity index is 814. The third-order valence-corrected chi connectivity index (χ3v) is 3.82. The lowest BCUT2D eigenvalue weighted by molar-refractivity contribution is 0.0643. The average molecular weight is 312 g/mol. The number of carbonyl (C=O) groups excluding carboxylic acids is 2. The van der Waals surface area contributed by atoms with Crippen molar-refractivity contribution in [2.24, 2.45) is 0 Å². The van der Waals surface area contributed by atoms with E-state index in [0.29, 0.717) is 11.1 Å². The van der Waals surface area contributed by atoms with E-state index in [1.54, 1.807) is 24.3 Å². The van der Waals surface area contributed by atoms with Crippen molar-refractivity contribution in [2.75, 3.05) is 5.73 Å². The molecular formula is C16H10ClN3O2. The Morgan fingerprint density at radius 3 is 2.55 bits per heavy atom. The van der Waals surface area contributed by atoms with Crippen molar-refractivity contribution >= 4 is 29.1 Å². The molecule has 2 amide bonds. The molecule has 108 valence electrons. The molecule has 2 N–H and O–H groups in total. The Morgan fingerprint density at radius 1 is 1.14 bits per heavy atom. The maximum Gasteiger partial charge on any atom is 0.264 e. The molecule has 22 heavy (non-hydrogen) atoms. The first kappa shape index (κ1) is 14.1. The molecule has 0 spiro atoms. The van der Waals surface area contributed by atoms with Gasteiger partial charge < -0.3 is 5.73 Å². The van der Waals surface area contributed by atoms with Crippen molar-refractivity contribution < 1.29 is 9.59 Å². The second kappa shape index (κ2) is 5.17. The highest BCUT2D eigenvalue weighted by atomic mass is 35.5. The van der Waals surface area contributed by atoms with E-state index >= 15 is 0 Å². The molecule has 0 aliphatic carbocycles. The third kappa shape index (κ3) is 2.10. The van der Waals surface area contributed by atoms with Gasteiger partial charge in [-0.1, -0.05) is 23.7 Å². The van der Waals surface area contributed by atoms with E-state index in [0.717, 1.165) is 4.90 Å². The molecule has 6 heteroatoms. The van der Waals surface area contributed by atoms with Gasteiger partial charge in [-0.25, -0.2) is 0 Å². The zero-order chi connectivity index (χ0) is 15.9. The van der Waals surface area contributed by atoms with Crippen LogP contribution in [-0.2, 0) is 6.54 Å². The summed E-state index contributed by atoms with van der Waals surface area (Å²) in [4.78, 5) is 26.0. The number of nitrogens with two attached hydrogens (primary N) is 1. The number of carbonyl (C=O) groups is 2. The van der Waals surface area contributed by atoms with Crippen LogP contribution in [0.3, 0.4) is 0 Å². The molecule has 0 atom stereocenters. The fourth-order valence-corrected chi connectivity index (χ4v) is 2.70. The SMILES string of the molecule is N#Cc1cccc(CN2C(=O)c3c(N)ccc(Cl)c3C2=O)c1. The number of fused-ring (bicyclic) bond motifs is 1. The molecule has 1 heterocycles. The van der Waals surface area contributed by atoms with Crippen LogP contribution in [0.25, 0.3) is 0 Å². The minimum Gasteiger partial charge on any atom is -0.398 e. The van der Waals surface area contributed by atoms with Crippen LogP contribution in [0.4, 0.5) is 5.69 Å². The van der Waals surface area contributed by atoms with Gasteiger partial charge in [-0.05, 0) is 29.8 Å². The van der Waals surface area contributed by atoms with Gasteiger partial charge in [-0.3, -0.25) is 14.5 Å². The van der Waals surface area contributed by atoms with Crippen molar-refractivity contribution in [3.63, 3.8) is 0 Å². The van der Waals surface area contributed by atoms with E-state index in [9.17, 15) is 9.59 Å². The Morgan fingerprint density at radius 2 is 1.86 bits per heavy atom. The minimum absolute atomic E-state index is 0.0671. The number of halogens is 1. The van der Waals surface area contributed by atoms with E-state index in [2.05, 4.69) is 0 Å². The lowest BCUT2D eigenvalue weighted by Crippen LogP contribution is -2.29. The summed E-state index contributed by atoms with van der Waals surface area (Å²) in [5, 5.41) is 9.11. The molecule has 0 radical (unpaired) electrons. The monoisotopic (exact) mass is 311 g/mol. The van der Waals surface area contributed by atoms with Crippen molar-refractivity contribution in [1.29, 1.82) is 5.26 Å². The van der Waals surface area contributed by atoms with Gasteiger partial charge in [-0.15, -0.1) is 0 Å². The van der Waals surface area contributed by atoms with E-state index in [1.807, 2.05) is 6.07 Å². The second-order valence-electron chi connectivity index (χ2n) is 4.90. The van der Waals surface area contributed by atoms with Crippen LogP contribution in [0.5, 0.6) is 0 Å². The summed E-state index contributed by atoms with van der Waals surface area (Å²) in [6, 6.07) is 11.8. The zero-order valence-corrected chi connectivity index (χ0v) is 12.1. The molecule has 2 aromatic rings. The first-order chi connectivity index (χ1) is 10.5. The number of nitrogen functional groups attached to an aromatic ring is 1. The predicted octanol–water partition coefficient (Wildman–Crippen LogP) is 2.59. The summed E-state index contributed by atoms with van der Waals surface area (Å²) in [5.41, 5.74) is 7.46. The van der Waals surface area contributed by atoms with Gasteiger partial charge in [0.1, 0.15) is 0 Å². The van der Waals surface area contributed by atoms with Gasteiger partial charge in [0.05, 0.1) is 34.3 Å². The number of hydrogen-bond acceptors (Lipinski definition) is 4. The van der Waals surface area contributed by atoms with Crippen LogP contribution in [-0.4, -0.2) is 16.7 Å². The quantitative estimate of drug-likeness (QED) is 0.682. The third-order valence-electron chi connectivity index (χ3n) is 3.50. The van der Waals surface area contributed by atoms with Crippen LogP contribution >= 0.6 is 11.6 Å². The fraction of sp³-hybridized carbons (Fsp3) is 0.0625. The van der Waals surface area contributed by atoms with Crippen LogP contribution in [0, 0.1) is 11.3 Å². The molecule has 0 saturated carbocycles.